The van der Waals surface area contributed by atoms with Crippen LogP contribution in [-0.4, -0.2) is 6.54 Å². The third-order valence-electron chi connectivity index (χ3n) is 3.02. The van der Waals surface area contributed by atoms with E-state index in [0.717, 1.165) is 23.2 Å². The summed E-state index contributed by atoms with van der Waals surface area (Å²) in [6.07, 6.45) is 2.81. The molecule has 1 aliphatic heterocycles. The fourth-order valence-electron chi connectivity index (χ4n) is 2.25. The minimum absolute atomic E-state index is 0.175. The lowest BCUT2D eigenvalue weighted by molar-refractivity contribution is 0.433. The van der Waals surface area contributed by atoms with Gasteiger partial charge in [-0.05, 0) is 39.5 Å². The molecule has 1 aromatic carbocycles. The summed E-state index contributed by atoms with van der Waals surface area (Å²) in [6, 6.07) is 10.7. The summed E-state index contributed by atoms with van der Waals surface area (Å²) >= 11 is 3.52. The van der Waals surface area contributed by atoms with E-state index in [1.807, 2.05) is 6.07 Å². The van der Waals surface area contributed by atoms with Gasteiger partial charge in [0.1, 0.15) is 5.76 Å². The normalized spacial score (nSPS) is 19.4. The van der Waals surface area contributed by atoms with Crippen LogP contribution in [0, 0.1) is 0 Å². The van der Waals surface area contributed by atoms with Crippen molar-refractivity contribution in [3.63, 3.8) is 0 Å². The van der Waals surface area contributed by atoms with Crippen molar-refractivity contribution in [2.24, 2.45) is 0 Å². The van der Waals surface area contributed by atoms with Crippen LogP contribution in [-0.2, 0) is 6.42 Å². The lowest BCUT2D eigenvalue weighted by atomic mass is 9.93. The summed E-state index contributed by atoms with van der Waals surface area (Å²) in [6.45, 7) is 0.995. The third kappa shape index (κ3) is 1.60. The fraction of sp³-hybridized carbons (Fsp3) is 0.231. The van der Waals surface area contributed by atoms with E-state index in [-0.39, 0.29) is 6.04 Å². The molecule has 2 aromatic rings. The number of hydrogen-bond donors (Lipinski definition) is 1. The molecular weight excluding hydrogens is 266 g/mol. The molecule has 2 nitrogen and oxygen atoms in total. The quantitative estimate of drug-likeness (QED) is 0.866. The highest BCUT2D eigenvalue weighted by atomic mass is 79.9. The van der Waals surface area contributed by atoms with E-state index >= 15 is 0 Å². The molecule has 3 rings (SSSR count). The highest BCUT2D eigenvalue weighted by Gasteiger charge is 2.24. The maximum atomic E-state index is 5.55. The monoisotopic (exact) mass is 277 g/mol. The predicted molar refractivity (Wildman–Crippen MR) is 66.4 cm³/mol. The van der Waals surface area contributed by atoms with Crippen LogP contribution in [0.2, 0.25) is 0 Å². The Labute approximate surface area is 103 Å². The lowest BCUT2D eigenvalue weighted by Crippen LogP contribution is -2.30. The Morgan fingerprint density at radius 1 is 1.25 bits per heavy atom. The zero-order chi connectivity index (χ0) is 11.0. The number of benzene rings is 1. The Balaban J connectivity index is 2.08. The van der Waals surface area contributed by atoms with Gasteiger partial charge in [0.2, 0.25) is 0 Å². The van der Waals surface area contributed by atoms with Gasteiger partial charge in [0.15, 0.2) is 0 Å². The maximum Gasteiger partial charge on any atom is 0.139 e. The maximum absolute atomic E-state index is 5.55. The van der Waals surface area contributed by atoms with Crippen LogP contribution >= 0.6 is 15.9 Å². The highest BCUT2D eigenvalue weighted by Crippen LogP contribution is 2.33. The van der Waals surface area contributed by atoms with Gasteiger partial charge in [-0.1, -0.05) is 24.3 Å². The molecule has 1 aromatic heterocycles. The molecule has 0 spiro atoms. The fourth-order valence-corrected chi connectivity index (χ4v) is 2.68. The third-order valence-corrected chi connectivity index (χ3v) is 3.67. The molecule has 0 bridgehead atoms. The Kier molecular flexibility index (Phi) is 2.58. The second-order valence-corrected chi connectivity index (χ2v) is 4.82. The van der Waals surface area contributed by atoms with Crippen molar-refractivity contribution < 1.29 is 4.42 Å². The molecule has 0 saturated carbocycles. The molecule has 3 heteroatoms. The van der Waals surface area contributed by atoms with Crippen LogP contribution in [0.1, 0.15) is 22.9 Å². The number of furan rings is 1. The molecule has 1 aliphatic rings. The first-order chi connectivity index (χ1) is 7.86. The van der Waals surface area contributed by atoms with Gasteiger partial charge in [0.05, 0.1) is 16.8 Å². The molecule has 1 N–H and O–H groups in total. The van der Waals surface area contributed by atoms with Crippen LogP contribution < -0.4 is 5.32 Å². The van der Waals surface area contributed by atoms with E-state index in [1.165, 1.54) is 11.1 Å². The van der Waals surface area contributed by atoms with Gasteiger partial charge in [-0.3, -0.25) is 0 Å². The van der Waals surface area contributed by atoms with Gasteiger partial charge >= 0.3 is 0 Å². The molecule has 1 atom stereocenters. The van der Waals surface area contributed by atoms with Crippen molar-refractivity contribution in [3.05, 3.63) is 58.0 Å². The molecule has 2 heterocycles. The van der Waals surface area contributed by atoms with Crippen molar-refractivity contribution in [2.45, 2.75) is 12.5 Å². The predicted octanol–water partition coefficient (Wildman–Crippen LogP) is 3.28. The summed E-state index contributed by atoms with van der Waals surface area (Å²) in [7, 11) is 0. The average Bonchev–Trinajstić information content (AvgIpc) is 2.75. The Morgan fingerprint density at radius 3 is 2.94 bits per heavy atom. The average molecular weight is 278 g/mol. The van der Waals surface area contributed by atoms with Crippen LogP contribution in [0.15, 0.2) is 45.5 Å². The lowest BCUT2D eigenvalue weighted by Gasteiger charge is -2.25. The first-order valence-corrected chi connectivity index (χ1v) is 6.19. The van der Waals surface area contributed by atoms with Crippen LogP contribution in [0.5, 0.6) is 0 Å². The van der Waals surface area contributed by atoms with Crippen molar-refractivity contribution in [3.8, 4) is 0 Å². The van der Waals surface area contributed by atoms with Gasteiger partial charge in [-0.2, -0.15) is 0 Å². The van der Waals surface area contributed by atoms with E-state index in [2.05, 4.69) is 45.5 Å². The number of hydrogen-bond acceptors (Lipinski definition) is 2. The van der Waals surface area contributed by atoms with Crippen LogP contribution in [0.25, 0.3) is 0 Å². The second kappa shape index (κ2) is 4.07. The zero-order valence-electron chi connectivity index (χ0n) is 8.74. The second-order valence-electron chi connectivity index (χ2n) is 3.97. The standard InChI is InChI=1S/C13H12BrNO/c14-11-6-8-16-13(11)12-10-4-2-1-3-9(10)5-7-15-12/h1-4,6,8,12,15H,5,7H2. The van der Waals surface area contributed by atoms with E-state index in [4.69, 9.17) is 4.42 Å². The summed E-state index contributed by atoms with van der Waals surface area (Å²) < 4.78 is 6.58. The van der Waals surface area contributed by atoms with E-state index < -0.39 is 0 Å². The van der Waals surface area contributed by atoms with Crippen LogP contribution in [0.3, 0.4) is 0 Å². The SMILES string of the molecule is Brc1ccoc1C1NCCc2ccccc21. The van der Waals surface area contributed by atoms with Gasteiger partial charge in [0.25, 0.3) is 0 Å². The van der Waals surface area contributed by atoms with E-state index in [1.54, 1.807) is 6.26 Å². The molecule has 0 amide bonds. The Morgan fingerprint density at radius 2 is 2.12 bits per heavy atom. The molecule has 1 unspecified atom stereocenters. The summed E-state index contributed by atoms with van der Waals surface area (Å²) in [5.74, 6) is 0.965. The van der Waals surface area contributed by atoms with E-state index in [0.29, 0.717) is 0 Å². The molecule has 0 fully saturated rings. The highest BCUT2D eigenvalue weighted by molar-refractivity contribution is 9.10. The smallest absolute Gasteiger partial charge is 0.139 e. The minimum Gasteiger partial charge on any atom is -0.466 e. The van der Waals surface area contributed by atoms with Crippen molar-refractivity contribution in [1.29, 1.82) is 0 Å². The van der Waals surface area contributed by atoms with Crippen molar-refractivity contribution >= 4 is 15.9 Å². The van der Waals surface area contributed by atoms with Gasteiger partial charge in [-0.25, -0.2) is 0 Å². The van der Waals surface area contributed by atoms with Gasteiger partial charge < -0.3 is 9.73 Å². The van der Waals surface area contributed by atoms with Gasteiger partial charge in [0, 0.05) is 6.54 Å². The number of rotatable bonds is 1. The zero-order valence-corrected chi connectivity index (χ0v) is 10.3. The topological polar surface area (TPSA) is 25.2 Å². The molecule has 16 heavy (non-hydrogen) atoms. The summed E-state index contributed by atoms with van der Waals surface area (Å²) in [5.41, 5.74) is 2.74. The number of halogens is 1. The molecule has 0 radical (unpaired) electrons. The molecule has 82 valence electrons. The summed E-state index contributed by atoms with van der Waals surface area (Å²) in [4.78, 5) is 0. The Bertz CT molecular complexity index is 506. The van der Waals surface area contributed by atoms with Crippen molar-refractivity contribution in [1.82, 2.24) is 5.32 Å². The van der Waals surface area contributed by atoms with Crippen LogP contribution in [0.4, 0.5) is 0 Å². The first-order valence-electron chi connectivity index (χ1n) is 5.40. The summed E-state index contributed by atoms with van der Waals surface area (Å²) in [5, 5.41) is 3.49. The number of nitrogens with one attached hydrogen (secondary N) is 1. The van der Waals surface area contributed by atoms with E-state index in [9.17, 15) is 0 Å². The van der Waals surface area contributed by atoms with Gasteiger partial charge in [-0.15, -0.1) is 0 Å². The van der Waals surface area contributed by atoms with Crippen molar-refractivity contribution in [2.75, 3.05) is 6.54 Å². The minimum atomic E-state index is 0.175. The Hall–Kier alpha value is -1.06. The number of fused-ring (bicyclic) bond motifs is 1. The first kappa shape index (κ1) is 10.1. The molecular formula is C13H12BrNO. The molecule has 0 aliphatic carbocycles. The molecule has 0 saturated heterocycles. The largest absolute Gasteiger partial charge is 0.466 e.